The minimum absolute atomic E-state index is 0.206. The van der Waals surface area contributed by atoms with Crippen LogP contribution in [0, 0.1) is 0 Å². The van der Waals surface area contributed by atoms with Gasteiger partial charge in [0, 0.05) is 24.7 Å². The monoisotopic (exact) mass is 422 g/mol. The van der Waals surface area contributed by atoms with Gasteiger partial charge in [0.2, 0.25) is 25.4 Å². The van der Waals surface area contributed by atoms with E-state index in [0.29, 0.717) is 29.5 Å². The molecule has 160 valence electrons. The first-order valence-electron chi connectivity index (χ1n) is 9.80. The van der Waals surface area contributed by atoms with Crippen molar-refractivity contribution in [3.63, 3.8) is 0 Å². The molecule has 2 amide bonds. The predicted molar refractivity (Wildman–Crippen MR) is 114 cm³/mol. The standard InChI is InChI=1S/C23H22N2O6/c1-15(25-23(27)9-5-17-3-7-19-21(11-17)31-14-29-19)12-24-22(26)8-4-16-2-6-18-20(10-16)30-13-28-18/h2-11,15H,12-14H2,1H3,(H,24,26)(H,25,27)/b8-4+,9-5-/t15-/m1/s1. The molecule has 8 nitrogen and oxygen atoms in total. The zero-order valence-electron chi connectivity index (χ0n) is 16.9. The normalized spacial score (nSPS) is 14.7. The van der Waals surface area contributed by atoms with Crippen molar-refractivity contribution < 1.29 is 28.5 Å². The number of ether oxygens (including phenoxy) is 4. The lowest BCUT2D eigenvalue weighted by Crippen LogP contribution is -2.40. The summed E-state index contributed by atoms with van der Waals surface area (Å²) in [5.74, 6) is 2.20. The third-order valence-electron chi connectivity index (χ3n) is 4.62. The Morgan fingerprint density at radius 1 is 0.839 bits per heavy atom. The van der Waals surface area contributed by atoms with Gasteiger partial charge in [0.15, 0.2) is 23.0 Å². The average Bonchev–Trinajstić information content (AvgIpc) is 3.43. The number of carbonyl (C=O) groups is 2. The highest BCUT2D eigenvalue weighted by atomic mass is 16.7. The molecule has 0 unspecified atom stereocenters. The molecule has 0 spiro atoms. The Balaban J connectivity index is 1.20. The Morgan fingerprint density at radius 2 is 1.35 bits per heavy atom. The van der Waals surface area contributed by atoms with Crippen LogP contribution in [0.25, 0.3) is 12.2 Å². The minimum Gasteiger partial charge on any atom is -0.454 e. The molecule has 0 aromatic heterocycles. The van der Waals surface area contributed by atoms with Crippen molar-refractivity contribution in [3.8, 4) is 23.0 Å². The molecule has 2 N–H and O–H groups in total. The minimum atomic E-state index is -0.255. The van der Waals surface area contributed by atoms with Crippen molar-refractivity contribution in [3.05, 3.63) is 59.7 Å². The quantitative estimate of drug-likeness (QED) is 0.666. The summed E-state index contributed by atoms with van der Waals surface area (Å²) in [6.45, 7) is 2.53. The summed E-state index contributed by atoms with van der Waals surface area (Å²) in [6, 6.07) is 10.7. The van der Waals surface area contributed by atoms with E-state index in [-0.39, 0.29) is 31.4 Å². The topological polar surface area (TPSA) is 95.1 Å². The van der Waals surface area contributed by atoms with Gasteiger partial charge in [-0.25, -0.2) is 0 Å². The fraction of sp³-hybridized carbons (Fsp3) is 0.217. The van der Waals surface area contributed by atoms with E-state index in [9.17, 15) is 9.59 Å². The number of nitrogens with one attached hydrogen (secondary N) is 2. The van der Waals surface area contributed by atoms with Gasteiger partial charge in [-0.05, 0) is 54.5 Å². The molecule has 2 aromatic carbocycles. The van der Waals surface area contributed by atoms with Gasteiger partial charge in [-0.3, -0.25) is 9.59 Å². The highest BCUT2D eigenvalue weighted by Gasteiger charge is 2.13. The summed E-state index contributed by atoms with van der Waals surface area (Å²) in [5, 5.41) is 5.57. The summed E-state index contributed by atoms with van der Waals surface area (Å²) in [5.41, 5.74) is 1.66. The van der Waals surface area contributed by atoms with E-state index in [1.54, 1.807) is 30.4 Å². The zero-order chi connectivity index (χ0) is 21.6. The van der Waals surface area contributed by atoms with Gasteiger partial charge in [-0.1, -0.05) is 12.1 Å². The third kappa shape index (κ3) is 5.36. The maximum Gasteiger partial charge on any atom is 0.244 e. The van der Waals surface area contributed by atoms with Crippen LogP contribution in [-0.4, -0.2) is 38.0 Å². The predicted octanol–water partition coefficient (Wildman–Crippen LogP) is 2.49. The molecule has 0 saturated carbocycles. The molecule has 0 bridgehead atoms. The van der Waals surface area contributed by atoms with Gasteiger partial charge >= 0.3 is 0 Å². The molecule has 2 aliphatic heterocycles. The lowest BCUT2D eigenvalue weighted by atomic mass is 10.2. The molecule has 0 fully saturated rings. The van der Waals surface area contributed by atoms with Crippen LogP contribution in [0.4, 0.5) is 0 Å². The smallest absolute Gasteiger partial charge is 0.244 e. The lowest BCUT2D eigenvalue weighted by Gasteiger charge is -2.12. The van der Waals surface area contributed by atoms with Crippen LogP contribution >= 0.6 is 0 Å². The van der Waals surface area contributed by atoms with E-state index < -0.39 is 0 Å². The molecule has 0 saturated heterocycles. The van der Waals surface area contributed by atoms with Crippen LogP contribution in [0.2, 0.25) is 0 Å². The second kappa shape index (κ2) is 9.25. The highest BCUT2D eigenvalue weighted by molar-refractivity contribution is 5.93. The number of carbonyl (C=O) groups excluding carboxylic acids is 2. The van der Waals surface area contributed by atoms with Gasteiger partial charge < -0.3 is 29.6 Å². The van der Waals surface area contributed by atoms with Crippen LogP contribution in [0.15, 0.2) is 48.6 Å². The maximum atomic E-state index is 12.1. The van der Waals surface area contributed by atoms with E-state index >= 15 is 0 Å². The van der Waals surface area contributed by atoms with Crippen molar-refractivity contribution >= 4 is 24.0 Å². The molecule has 31 heavy (non-hydrogen) atoms. The molecule has 0 radical (unpaired) electrons. The summed E-state index contributed by atoms with van der Waals surface area (Å²) >= 11 is 0. The Morgan fingerprint density at radius 3 is 1.94 bits per heavy atom. The highest BCUT2D eigenvalue weighted by Crippen LogP contribution is 2.33. The second-order valence-corrected chi connectivity index (χ2v) is 7.05. The van der Waals surface area contributed by atoms with Crippen LogP contribution < -0.4 is 29.6 Å². The van der Waals surface area contributed by atoms with Gasteiger partial charge in [-0.2, -0.15) is 0 Å². The number of hydrogen-bond donors (Lipinski definition) is 2. The largest absolute Gasteiger partial charge is 0.454 e. The van der Waals surface area contributed by atoms with Crippen molar-refractivity contribution in [2.24, 2.45) is 0 Å². The number of amides is 2. The Kier molecular flexibility index (Phi) is 6.07. The average molecular weight is 422 g/mol. The first-order valence-corrected chi connectivity index (χ1v) is 9.80. The van der Waals surface area contributed by atoms with E-state index in [4.69, 9.17) is 18.9 Å². The Hall–Kier alpha value is -3.94. The third-order valence-corrected chi connectivity index (χ3v) is 4.62. The fourth-order valence-corrected chi connectivity index (χ4v) is 3.03. The molecule has 2 aromatic rings. The van der Waals surface area contributed by atoms with Gasteiger partial charge in [0.25, 0.3) is 0 Å². The Labute approximate surface area is 179 Å². The van der Waals surface area contributed by atoms with E-state index in [1.807, 2.05) is 25.1 Å². The molecule has 2 heterocycles. The van der Waals surface area contributed by atoms with Crippen LogP contribution in [0.1, 0.15) is 18.1 Å². The molecule has 1 atom stereocenters. The number of hydrogen-bond acceptors (Lipinski definition) is 6. The number of benzene rings is 2. The zero-order valence-corrected chi connectivity index (χ0v) is 16.9. The lowest BCUT2D eigenvalue weighted by molar-refractivity contribution is -0.118. The van der Waals surface area contributed by atoms with E-state index in [0.717, 1.165) is 11.1 Å². The van der Waals surface area contributed by atoms with Gasteiger partial charge in [-0.15, -0.1) is 0 Å². The maximum absolute atomic E-state index is 12.1. The van der Waals surface area contributed by atoms with Crippen molar-refractivity contribution in [2.45, 2.75) is 13.0 Å². The molecular weight excluding hydrogens is 400 g/mol. The number of rotatable bonds is 7. The van der Waals surface area contributed by atoms with Crippen molar-refractivity contribution in [2.75, 3.05) is 20.1 Å². The van der Waals surface area contributed by atoms with Crippen molar-refractivity contribution in [1.29, 1.82) is 0 Å². The van der Waals surface area contributed by atoms with E-state index in [1.165, 1.54) is 12.2 Å². The summed E-state index contributed by atoms with van der Waals surface area (Å²) in [6.07, 6.45) is 6.26. The Bertz CT molecular complexity index is 1050. The summed E-state index contributed by atoms with van der Waals surface area (Å²) in [4.78, 5) is 24.1. The fourth-order valence-electron chi connectivity index (χ4n) is 3.03. The van der Waals surface area contributed by atoms with Gasteiger partial charge in [0.05, 0.1) is 0 Å². The molecule has 4 rings (SSSR count). The summed E-state index contributed by atoms with van der Waals surface area (Å²) in [7, 11) is 0. The molecule has 0 aliphatic carbocycles. The van der Waals surface area contributed by atoms with Crippen LogP contribution in [0.5, 0.6) is 23.0 Å². The summed E-state index contributed by atoms with van der Waals surface area (Å²) < 4.78 is 21.2. The first kappa shape index (κ1) is 20.3. The molecule has 2 aliphatic rings. The van der Waals surface area contributed by atoms with Crippen LogP contribution in [-0.2, 0) is 9.59 Å². The second-order valence-electron chi connectivity index (χ2n) is 7.05. The number of fused-ring (bicyclic) bond motifs is 2. The SMILES string of the molecule is C[C@H](CNC(=O)/C=C/c1ccc2c(c1)OCO2)NC(=O)/C=C\c1ccc2c(c1)OCO2. The van der Waals surface area contributed by atoms with Crippen molar-refractivity contribution in [1.82, 2.24) is 10.6 Å². The van der Waals surface area contributed by atoms with Crippen LogP contribution in [0.3, 0.4) is 0 Å². The van der Waals surface area contributed by atoms with E-state index in [2.05, 4.69) is 10.6 Å². The van der Waals surface area contributed by atoms with Gasteiger partial charge in [0.1, 0.15) is 0 Å². The first-order chi connectivity index (χ1) is 15.1. The molecule has 8 heteroatoms. The molecular formula is C23H22N2O6.